The highest BCUT2D eigenvalue weighted by Gasteiger charge is 2.14. The first-order valence-corrected chi connectivity index (χ1v) is 7.51. The van der Waals surface area contributed by atoms with Crippen LogP contribution >= 0.6 is 11.6 Å². The summed E-state index contributed by atoms with van der Waals surface area (Å²) >= 11 is 5.93. The molecule has 26 heavy (non-hydrogen) atoms. The summed E-state index contributed by atoms with van der Waals surface area (Å²) in [5.41, 5.74) is 2.61. The number of carbonyl (C=O) groups excluding carboxylic acids is 2. The highest BCUT2D eigenvalue weighted by molar-refractivity contribution is 6.40. The molecule has 0 fully saturated rings. The zero-order chi connectivity index (χ0) is 19.1. The fraction of sp³-hybridized carbons (Fsp3) is 0.0625. The van der Waals surface area contributed by atoms with Crippen molar-refractivity contribution in [1.82, 2.24) is 5.43 Å². The predicted octanol–water partition coefficient (Wildman–Crippen LogP) is 2.35. The number of benzene rings is 2. The molecular weight excluding hydrogens is 364 g/mol. The number of nitrogens with one attached hydrogen (secondary N) is 2. The summed E-state index contributed by atoms with van der Waals surface area (Å²) < 4.78 is 4.99. The van der Waals surface area contributed by atoms with Gasteiger partial charge in [0, 0.05) is 23.4 Å². The molecule has 2 rings (SSSR count). The van der Waals surface area contributed by atoms with Gasteiger partial charge >= 0.3 is 11.8 Å². The number of nitrogens with zero attached hydrogens (tertiary/aromatic N) is 2. The van der Waals surface area contributed by atoms with Crippen LogP contribution in [0.1, 0.15) is 5.56 Å². The van der Waals surface area contributed by atoms with Crippen molar-refractivity contribution in [1.29, 1.82) is 0 Å². The van der Waals surface area contributed by atoms with Gasteiger partial charge in [-0.1, -0.05) is 23.7 Å². The van der Waals surface area contributed by atoms with Crippen molar-refractivity contribution < 1.29 is 19.2 Å². The molecule has 2 N–H and O–H groups in total. The molecule has 0 spiro atoms. The van der Waals surface area contributed by atoms with Crippen LogP contribution in [0.25, 0.3) is 0 Å². The average molecular weight is 377 g/mol. The number of methoxy groups -OCH3 is 1. The zero-order valence-electron chi connectivity index (χ0n) is 13.4. The quantitative estimate of drug-likeness (QED) is 0.359. The number of amides is 2. The second-order valence-corrected chi connectivity index (χ2v) is 5.26. The van der Waals surface area contributed by atoms with Crippen LogP contribution in [0, 0.1) is 10.1 Å². The lowest BCUT2D eigenvalue weighted by atomic mass is 10.2. The van der Waals surface area contributed by atoms with E-state index in [9.17, 15) is 19.7 Å². The minimum absolute atomic E-state index is 0.116. The van der Waals surface area contributed by atoms with Crippen molar-refractivity contribution in [3.05, 3.63) is 63.2 Å². The second kappa shape index (κ2) is 8.58. The Labute approximate surface area is 152 Å². The lowest BCUT2D eigenvalue weighted by molar-refractivity contribution is -0.384. The number of non-ortho nitro benzene ring substituents is 1. The molecule has 0 bridgehead atoms. The third-order valence-corrected chi connectivity index (χ3v) is 3.37. The summed E-state index contributed by atoms with van der Waals surface area (Å²) in [6, 6.07) is 10.1. The van der Waals surface area contributed by atoms with Crippen molar-refractivity contribution in [2.24, 2.45) is 5.10 Å². The summed E-state index contributed by atoms with van der Waals surface area (Å²) in [5, 5.41) is 16.9. The van der Waals surface area contributed by atoms with Gasteiger partial charge in [-0.2, -0.15) is 5.10 Å². The standard InChI is InChI=1S/C16H13ClN4O5/c1-26-14-6-5-11(8-13(14)17)19-15(22)16(23)20-18-9-10-3-2-4-12(7-10)21(24)25/h2-9H,1H3,(H,19,22)(H,20,23)/b18-9+. The first-order chi connectivity index (χ1) is 12.4. The van der Waals surface area contributed by atoms with E-state index in [2.05, 4.69) is 10.4 Å². The van der Waals surface area contributed by atoms with Gasteiger partial charge in [-0.05, 0) is 18.2 Å². The lowest BCUT2D eigenvalue weighted by Gasteiger charge is -2.07. The molecular formula is C16H13ClN4O5. The second-order valence-electron chi connectivity index (χ2n) is 4.85. The Balaban J connectivity index is 1.95. The molecule has 9 nitrogen and oxygen atoms in total. The number of halogens is 1. The minimum Gasteiger partial charge on any atom is -0.495 e. The van der Waals surface area contributed by atoms with Crippen molar-refractivity contribution >= 4 is 41.0 Å². The molecule has 10 heteroatoms. The van der Waals surface area contributed by atoms with Crippen LogP contribution < -0.4 is 15.5 Å². The Hall–Kier alpha value is -3.46. The van der Waals surface area contributed by atoms with Crippen LogP contribution in [0.15, 0.2) is 47.6 Å². The zero-order valence-corrected chi connectivity index (χ0v) is 14.2. The first-order valence-electron chi connectivity index (χ1n) is 7.13. The van der Waals surface area contributed by atoms with Crippen molar-refractivity contribution in [2.45, 2.75) is 0 Å². The molecule has 134 valence electrons. The number of hydrogen-bond donors (Lipinski definition) is 2. The van der Waals surface area contributed by atoms with E-state index < -0.39 is 16.7 Å². The first kappa shape index (κ1) is 18.9. The summed E-state index contributed by atoms with van der Waals surface area (Å²) in [6.45, 7) is 0. The minimum atomic E-state index is -1.02. The van der Waals surface area contributed by atoms with Crippen molar-refractivity contribution in [2.75, 3.05) is 12.4 Å². The fourth-order valence-corrected chi connectivity index (χ4v) is 2.12. The number of hydrogen-bond acceptors (Lipinski definition) is 6. The fourth-order valence-electron chi connectivity index (χ4n) is 1.87. The van der Waals surface area contributed by atoms with E-state index in [1.54, 1.807) is 6.07 Å². The number of hydrazone groups is 1. The summed E-state index contributed by atoms with van der Waals surface area (Å²) in [5.74, 6) is -1.54. The van der Waals surface area contributed by atoms with E-state index in [1.807, 2.05) is 5.43 Å². The molecule has 0 atom stereocenters. The third kappa shape index (κ3) is 5.02. The highest BCUT2D eigenvalue weighted by Crippen LogP contribution is 2.27. The predicted molar refractivity (Wildman–Crippen MR) is 95.5 cm³/mol. The summed E-state index contributed by atoms with van der Waals surface area (Å²) in [6.07, 6.45) is 1.18. The van der Waals surface area contributed by atoms with Crippen molar-refractivity contribution in [3.8, 4) is 5.75 Å². The van der Waals surface area contributed by atoms with E-state index in [0.29, 0.717) is 17.0 Å². The largest absolute Gasteiger partial charge is 0.495 e. The number of rotatable bonds is 5. The van der Waals surface area contributed by atoms with Crippen molar-refractivity contribution in [3.63, 3.8) is 0 Å². The number of ether oxygens (including phenoxy) is 1. The molecule has 2 amide bonds. The SMILES string of the molecule is COc1ccc(NC(=O)C(=O)N/N=C/c2cccc([N+](=O)[O-])c2)cc1Cl. The number of carbonyl (C=O) groups is 2. The molecule has 0 radical (unpaired) electrons. The van der Waals surface area contributed by atoms with Gasteiger partial charge in [-0.3, -0.25) is 19.7 Å². The lowest BCUT2D eigenvalue weighted by Crippen LogP contribution is -2.32. The van der Waals surface area contributed by atoms with Gasteiger partial charge in [0.15, 0.2) is 0 Å². The molecule has 2 aromatic carbocycles. The van der Waals surface area contributed by atoms with Crippen LogP contribution in [0.3, 0.4) is 0 Å². The van der Waals surface area contributed by atoms with Crippen LogP contribution in [-0.4, -0.2) is 30.1 Å². The molecule has 0 heterocycles. The monoisotopic (exact) mass is 376 g/mol. The number of nitro benzene ring substituents is 1. The van der Waals surface area contributed by atoms with E-state index in [0.717, 1.165) is 0 Å². The molecule has 0 unspecified atom stereocenters. The van der Waals surface area contributed by atoms with E-state index >= 15 is 0 Å². The third-order valence-electron chi connectivity index (χ3n) is 3.08. The van der Waals surface area contributed by atoms with Gasteiger partial charge in [0.2, 0.25) is 0 Å². The molecule has 0 aliphatic heterocycles. The Kier molecular flexibility index (Phi) is 6.23. The maximum atomic E-state index is 11.8. The van der Waals surface area contributed by atoms with Gasteiger partial charge in [-0.15, -0.1) is 0 Å². The van der Waals surface area contributed by atoms with Crippen LogP contribution in [-0.2, 0) is 9.59 Å². The Morgan fingerprint density at radius 3 is 2.65 bits per heavy atom. The van der Waals surface area contributed by atoms with E-state index in [-0.39, 0.29) is 10.7 Å². The molecule has 0 aliphatic carbocycles. The van der Waals surface area contributed by atoms with Crippen LogP contribution in [0.4, 0.5) is 11.4 Å². The molecule has 0 aromatic heterocycles. The van der Waals surface area contributed by atoms with Gasteiger partial charge in [0.25, 0.3) is 5.69 Å². The van der Waals surface area contributed by atoms with Gasteiger partial charge in [0.1, 0.15) is 5.75 Å². The molecule has 0 aliphatic rings. The van der Waals surface area contributed by atoms with E-state index in [4.69, 9.17) is 16.3 Å². The smallest absolute Gasteiger partial charge is 0.329 e. The topological polar surface area (TPSA) is 123 Å². The maximum Gasteiger partial charge on any atom is 0.329 e. The highest BCUT2D eigenvalue weighted by atomic mass is 35.5. The Morgan fingerprint density at radius 1 is 1.23 bits per heavy atom. The maximum absolute atomic E-state index is 11.8. The Bertz CT molecular complexity index is 885. The molecule has 0 saturated heterocycles. The van der Waals surface area contributed by atoms with Gasteiger partial charge < -0.3 is 10.1 Å². The normalized spacial score (nSPS) is 10.4. The molecule has 2 aromatic rings. The van der Waals surface area contributed by atoms with Gasteiger partial charge in [-0.25, -0.2) is 5.43 Å². The summed E-state index contributed by atoms with van der Waals surface area (Å²) in [4.78, 5) is 33.7. The van der Waals surface area contributed by atoms with Crippen LogP contribution in [0.5, 0.6) is 5.75 Å². The average Bonchev–Trinajstić information content (AvgIpc) is 2.62. The van der Waals surface area contributed by atoms with Crippen LogP contribution in [0.2, 0.25) is 5.02 Å². The number of nitro groups is 1. The van der Waals surface area contributed by atoms with E-state index in [1.165, 1.54) is 49.7 Å². The molecule has 0 saturated carbocycles. The summed E-state index contributed by atoms with van der Waals surface area (Å²) in [7, 11) is 1.45. The number of anilines is 1. The van der Waals surface area contributed by atoms with Gasteiger partial charge in [0.05, 0.1) is 23.3 Å². The Morgan fingerprint density at radius 2 is 2.00 bits per heavy atom.